The molecule has 0 aromatic carbocycles. The Morgan fingerprint density at radius 1 is 1.60 bits per heavy atom. The highest BCUT2D eigenvalue weighted by Crippen LogP contribution is 2.20. The van der Waals surface area contributed by atoms with Crippen molar-refractivity contribution in [1.82, 2.24) is 4.98 Å². The summed E-state index contributed by atoms with van der Waals surface area (Å²) >= 11 is 3.32. The number of esters is 1. The van der Waals surface area contributed by atoms with E-state index in [-0.39, 0.29) is 12.4 Å². The molecule has 0 amide bonds. The van der Waals surface area contributed by atoms with Gasteiger partial charge in [-0.3, -0.25) is 9.78 Å². The van der Waals surface area contributed by atoms with Gasteiger partial charge in [-0.05, 0) is 28.9 Å². The number of pyridine rings is 1. The second-order valence-electron chi connectivity index (χ2n) is 2.79. The second kappa shape index (κ2) is 5.70. The summed E-state index contributed by atoms with van der Waals surface area (Å²) in [6.07, 6.45) is 1.73. The van der Waals surface area contributed by atoms with Crippen molar-refractivity contribution in [2.75, 3.05) is 13.7 Å². The lowest BCUT2D eigenvalue weighted by Crippen LogP contribution is -2.09. The smallest absolute Gasteiger partial charge is 0.311 e. The molecule has 0 saturated carbocycles. The summed E-state index contributed by atoms with van der Waals surface area (Å²) in [4.78, 5) is 15.3. The quantitative estimate of drug-likeness (QED) is 0.787. The average Bonchev–Trinajstić information content (AvgIpc) is 2.21. The van der Waals surface area contributed by atoms with Crippen molar-refractivity contribution < 1.29 is 14.3 Å². The Kier molecular flexibility index (Phi) is 4.55. The first-order valence-corrected chi connectivity index (χ1v) is 5.30. The minimum Gasteiger partial charge on any atom is -0.495 e. The van der Waals surface area contributed by atoms with Gasteiger partial charge in [0.1, 0.15) is 5.75 Å². The van der Waals surface area contributed by atoms with E-state index in [4.69, 9.17) is 9.47 Å². The Morgan fingerprint density at radius 2 is 2.33 bits per heavy atom. The Hall–Kier alpha value is -1.10. The molecule has 0 spiro atoms. The number of nitrogens with zero attached hydrogens (tertiary/aromatic N) is 1. The van der Waals surface area contributed by atoms with Gasteiger partial charge < -0.3 is 9.47 Å². The normalized spacial score (nSPS) is 9.80. The zero-order chi connectivity index (χ0) is 11.3. The number of rotatable bonds is 4. The van der Waals surface area contributed by atoms with Crippen molar-refractivity contribution >= 4 is 21.9 Å². The molecular formula is C10H12BrNO3. The first-order valence-electron chi connectivity index (χ1n) is 4.51. The number of halogens is 1. The van der Waals surface area contributed by atoms with Crippen LogP contribution < -0.4 is 4.74 Å². The molecule has 0 atom stereocenters. The van der Waals surface area contributed by atoms with E-state index in [1.54, 1.807) is 26.3 Å². The van der Waals surface area contributed by atoms with E-state index in [9.17, 15) is 4.79 Å². The van der Waals surface area contributed by atoms with E-state index in [2.05, 4.69) is 20.9 Å². The van der Waals surface area contributed by atoms with Crippen LogP contribution >= 0.6 is 15.9 Å². The van der Waals surface area contributed by atoms with Gasteiger partial charge in [0, 0.05) is 4.47 Å². The molecule has 0 radical (unpaired) electrons. The number of carbonyl (C=O) groups is 1. The Labute approximate surface area is 96.7 Å². The SMILES string of the molecule is CCOC(=O)Cc1ncc(OC)cc1Br. The van der Waals surface area contributed by atoms with E-state index >= 15 is 0 Å². The van der Waals surface area contributed by atoms with Crippen molar-refractivity contribution in [3.05, 3.63) is 22.4 Å². The molecule has 0 unspecified atom stereocenters. The van der Waals surface area contributed by atoms with Gasteiger partial charge in [-0.25, -0.2) is 0 Å². The number of hydrogen-bond donors (Lipinski definition) is 0. The first-order chi connectivity index (χ1) is 7.17. The molecular weight excluding hydrogens is 262 g/mol. The largest absolute Gasteiger partial charge is 0.495 e. The van der Waals surface area contributed by atoms with Crippen LogP contribution in [0.2, 0.25) is 0 Å². The van der Waals surface area contributed by atoms with Crippen LogP contribution in [0.25, 0.3) is 0 Å². The van der Waals surface area contributed by atoms with Crippen LogP contribution in [0.4, 0.5) is 0 Å². The molecule has 1 aromatic rings. The second-order valence-corrected chi connectivity index (χ2v) is 3.64. The van der Waals surface area contributed by atoms with Gasteiger partial charge in [0.2, 0.25) is 0 Å². The maximum atomic E-state index is 11.2. The van der Waals surface area contributed by atoms with Gasteiger partial charge in [-0.15, -0.1) is 0 Å². The van der Waals surface area contributed by atoms with Crippen molar-refractivity contribution in [1.29, 1.82) is 0 Å². The molecule has 0 fully saturated rings. The summed E-state index contributed by atoms with van der Waals surface area (Å²) in [5, 5.41) is 0. The topological polar surface area (TPSA) is 48.4 Å². The van der Waals surface area contributed by atoms with Crippen molar-refractivity contribution in [3.63, 3.8) is 0 Å². The minimum atomic E-state index is -0.282. The predicted octanol–water partition coefficient (Wildman–Crippen LogP) is 1.96. The van der Waals surface area contributed by atoms with Gasteiger partial charge >= 0.3 is 5.97 Å². The molecule has 1 rings (SSSR count). The van der Waals surface area contributed by atoms with Crippen LogP contribution in [0, 0.1) is 0 Å². The lowest BCUT2D eigenvalue weighted by atomic mass is 10.3. The van der Waals surface area contributed by atoms with Crippen molar-refractivity contribution in [2.45, 2.75) is 13.3 Å². The van der Waals surface area contributed by atoms with Crippen LogP contribution in [0.3, 0.4) is 0 Å². The average molecular weight is 274 g/mol. The number of ether oxygens (including phenoxy) is 2. The summed E-state index contributed by atoms with van der Waals surface area (Å²) in [5.74, 6) is 0.366. The van der Waals surface area contributed by atoms with E-state index in [0.29, 0.717) is 18.1 Å². The van der Waals surface area contributed by atoms with E-state index in [1.165, 1.54) is 0 Å². The van der Waals surface area contributed by atoms with Gasteiger partial charge in [-0.1, -0.05) is 0 Å². The zero-order valence-electron chi connectivity index (χ0n) is 8.62. The number of methoxy groups -OCH3 is 1. The van der Waals surface area contributed by atoms with E-state index in [1.807, 2.05) is 0 Å². The summed E-state index contributed by atoms with van der Waals surface area (Å²) in [6.45, 7) is 2.15. The molecule has 0 aliphatic rings. The van der Waals surface area contributed by atoms with Crippen LogP contribution in [-0.2, 0) is 16.0 Å². The van der Waals surface area contributed by atoms with E-state index in [0.717, 1.165) is 4.47 Å². The van der Waals surface area contributed by atoms with Crippen LogP contribution in [-0.4, -0.2) is 24.7 Å². The van der Waals surface area contributed by atoms with Crippen LogP contribution in [0.1, 0.15) is 12.6 Å². The fourth-order valence-electron chi connectivity index (χ4n) is 1.04. The molecule has 4 nitrogen and oxygen atoms in total. The van der Waals surface area contributed by atoms with Gasteiger partial charge in [0.15, 0.2) is 0 Å². The Balaban J connectivity index is 2.73. The monoisotopic (exact) mass is 273 g/mol. The lowest BCUT2D eigenvalue weighted by Gasteiger charge is -2.05. The summed E-state index contributed by atoms with van der Waals surface area (Å²) in [7, 11) is 1.56. The highest BCUT2D eigenvalue weighted by atomic mass is 79.9. The number of aromatic nitrogens is 1. The lowest BCUT2D eigenvalue weighted by molar-refractivity contribution is -0.142. The van der Waals surface area contributed by atoms with Crippen LogP contribution in [0.15, 0.2) is 16.7 Å². The summed E-state index contributed by atoms with van der Waals surface area (Å²) in [6, 6.07) is 1.77. The molecule has 0 saturated heterocycles. The van der Waals surface area contributed by atoms with Gasteiger partial charge in [0.05, 0.1) is 32.0 Å². The maximum Gasteiger partial charge on any atom is 0.311 e. The highest BCUT2D eigenvalue weighted by Gasteiger charge is 2.09. The molecule has 5 heteroatoms. The Bertz CT molecular complexity index is 355. The minimum absolute atomic E-state index is 0.165. The molecule has 0 aliphatic carbocycles. The van der Waals surface area contributed by atoms with E-state index < -0.39 is 0 Å². The zero-order valence-corrected chi connectivity index (χ0v) is 10.2. The Morgan fingerprint density at radius 3 is 2.87 bits per heavy atom. The molecule has 0 aliphatic heterocycles. The predicted molar refractivity (Wildman–Crippen MR) is 58.8 cm³/mol. The third kappa shape index (κ3) is 3.51. The molecule has 0 N–H and O–H groups in total. The first kappa shape index (κ1) is 12.0. The number of hydrogen-bond acceptors (Lipinski definition) is 4. The maximum absolute atomic E-state index is 11.2. The third-order valence-electron chi connectivity index (χ3n) is 1.75. The molecule has 0 bridgehead atoms. The number of carbonyl (C=O) groups excluding carboxylic acids is 1. The third-order valence-corrected chi connectivity index (χ3v) is 2.43. The fraction of sp³-hybridized carbons (Fsp3) is 0.400. The van der Waals surface area contributed by atoms with Crippen molar-refractivity contribution in [2.24, 2.45) is 0 Å². The molecule has 1 heterocycles. The fourth-order valence-corrected chi connectivity index (χ4v) is 1.51. The van der Waals surface area contributed by atoms with Crippen LogP contribution in [0.5, 0.6) is 5.75 Å². The molecule has 82 valence electrons. The highest BCUT2D eigenvalue weighted by molar-refractivity contribution is 9.10. The summed E-state index contributed by atoms with van der Waals surface area (Å²) < 4.78 is 10.6. The summed E-state index contributed by atoms with van der Waals surface area (Å²) in [5.41, 5.74) is 0.647. The van der Waals surface area contributed by atoms with Gasteiger partial charge in [-0.2, -0.15) is 0 Å². The van der Waals surface area contributed by atoms with Crippen molar-refractivity contribution in [3.8, 4) is 5.75 Å². The van der Waals surface area contributed by atoms with Gasteiger partial charge in [0.25, 0.3) is 0 Å². The molecule has 1 aromatic heterocycles. The molecule has 15 heavy (non-hydrogen) atoms. The standard InChI is InChI=1S/C10H12BrNO3/c1-3-15-10(13)5-9-8(11)4-7(14-2)6-12-9/h4,6H,3,5H2,1-2H3.